The van der Waals surface area contributed by atoms with Gasteiger partial charge in [-0.05, 0) is 0 Å². The molecule has 0 N–H and O–H groups in total. The number of carbonyl (C=O) groups is 1. The van der Waals surface area contributed by atoms with Crippen molar-refractivity contribution in [2.24, 2.45) is 0 Å². The van der Waals surface area contributed by atoms with Crippen LogP contribution in [0.4, 0.5) is 0 Å². The van der Waals surface area contributed by atoms with Crippen LogP contribution in [0.5, 0.6) is 0 Å². The van der Waals surface area contributed by atoms with Crippen molar-refractivity contribution in [2.75, 3.05) is 20.7 Å². The van der Waals surface area contributed by atoms with E-state index in [1.807, 2.05) is 0 Å². The number of ether oxygens (including phenoxy) is 3. The Bertz CT molecular complexity index is 54.0. The van der Waals surface area contributed by atoms with E-state index in [9.17, 15) is 4.79 Å². The van der Waals surface area contributed by atoms with Crippen molar-refractivity contribution in [1.29, 1.82) is 0 Å². The van der Waals surface area contributed by atoms with Gasteiger partial charge in [0.1, 0.15) is 6.79 Å². The zero-order valence-electron chi connectivity index (χ0n) is 4.62. The van der Waals surface area contributed by atoms with Crippen molar-refractivity contribution >= 4 is 6.47 Å². The Hall–Kier alpha value is -0.610. The van der Waals surface area contributed by atoms with Crippen LogP contribution in [0.3, 0.4) is 0 Å². The normalized spacial score (nSPS) is 8.62. The molecule has 0 amide bonds. The largest absolute Gasteiger partial charge is 0.441 e. The van der Waals surface area contributed by atoms with Gasteiger partial charge in [-0.2, -0.15) is 0 Å². The minimum absolute atomic E-state index is 0.0443. The van der Waals surface area contributed by atoms with E-state index in [-0.39, 0.29) is 13.6 Å². The molecule has 0 heterocycles. The van der Waals surface area contributed by atoms with Gasteiger partial charge in [0.25, 0.3) is 6.47 Å². The lowest BCUT2D eigenvalue weighted by molar-refractivity contribution is -0.151. The summed E-state index contributed by atoms with van der Waals surface area (Å²) in [5.41, 5.74) is 0. The van der Waals surface area contributed by atoms with Crippen molar-refractivity contribution in [2.45, 2.75) is 0 Å². The molecule has 4 nitrogen and oxygen atoms in total. The minimum Gasteiger partial charge on any atom is -0.441 e. The zero-order valence-corrected chi connectivity index (χ0v) is 4.62. The van der Waals surface area contributed by atoms with Crippen LogP contribution in [0.25, 0.3) is 0 Å². The van der Waals surface area contributed by atoms with Crippen LogP contribution in [-0.4, -0.2) is 27.2 Å². The van der Waals surface area contributed by atoms with Crippen LogP contribution in [0, 0.1) is 0 Å². The molecule has 0 saturated heterocycles. The first kappa shape index (κ1) is 7.39. The molecule has 0 unspecified atom stereocenters. The van der Waals surface area contributed by atoms with Crippen LogP contribution in [0.1, 0.15) is 0 Å². The Morgan fingerprint density at radius 2 is 2.25 bits per heavy atom. The van der Waals surface area contributed by atoms with Gasteiger partial charge < -0.3 is 14.2 Å². The topological polar surface area (TPSA) is 44.8 Å². The van der Waals surface area contributed by atoms with E-state index in [4.69, 9.17) is 0 Å². The Balaban J connectivity index is 2.62. The van der Waals surface area contributed by atoms with Crippen molar-refractivity contribution in [3.05, 3.63) is 0 Å². The van der Waals surface area contributed by atoms with E-state index >= 15 is 0 Å². The molecule has 0 fully saturated rings. The van der Waals surface area contributed by atoms with E-state index in [1.54, 1.807) is 0 Å². The van der Waals surface area contributed by atoms with E-state index in [0.717, 1.165) is 0 Å². The summed E-state index contributed by atoms with van der Waals surface area (Å²) in [4.78, 5) is 9.42. The van der Waals surface area contributed by atoms with Gasteiger partial charge >= 0.3 is 0 Å². The summed E-state index contributed by atoms with van der Waals surface area (Å²) in [5.74, 6) is 0. The van der Waals surface area contributed by atoms with Crippen molar-refractivity contribution in [3.8, 4) is 0 Å². The van der Waals surface area contributed by atoms with E-state index in [1.165, 1.54) is 7.11 Å². The molecule has 0 saturated carbocycles. The van der Waals surface area contributed by atoms with E-state index < -0.39 is 0 Å². The Morgan fingerprint density at radius 1 is 1.50 bits per heavy atom. The molecular weight excluding hydrogens is 112 g/mol. The maximum absolute atomic E-state index is 9.42. The second kappa shape index (κ2) is 6.39. The molecule has 0 atom stereocenters. The fraction of sp³-hybridized carbons (Fsp3) is 0.750. The van der Waals surface area contributed by atoms with Gasteiger partial charge in [-0.3, -0.25) is 4.79 Å². The van der Waals surface area contributed by atoms with Gasteiger partial charge in [-0.25, -0.2) is 0 Å². The summed E-state index contributed by atoms with van der Waals surface area (Å²) in [6.07, 6.45) is 0. The Labute approximate surface area is 47.3 Å². The monoisotopic (exact) mass is 120 g/mol. The van der Waals surface area contributed by atoms with Crippen LogP contribution in [0.2, 0.25) is 0 Å². The lowest BCUT2D eigenvalue weighted by Gasteiger charge is -1.97. The molecule has 0 radical (unpaired) electrons. The highest BCUT2D eigenvalue weighted by Crippen LogP contribution is 1.72. The first-order valence-corrected chi connectivity index (χ1v) is 2.03. The van der Waals surface area contributed by atoms with Gasteiger partial charge in [0, 0.05) is 7.11 Å². The molecule has 0 spiro atoms. The third-order valence-corrected chi connectivity index (χ3v) is 0.421. The predicted octanol–water partition coefficient (Wildman–Crippen LogP) is -0.263. The summed E-state index contributed by atoms with van der Waals surface area (Å²) in [6.45, 7) is 0.417. The fourth-order valence-corrected chi connectivity index (χ4v) is 0.193. The number of hydrogen-bond acceptors (Lipinski definition) is 4. The fourth-order valence-electron chi connectivity index (χ4n) is 0.193. The van der Waals surface area contributed by atoms with Crippen molar-refractivity contribution < 1.29 is 19.0 Å². The Kier molecular flexibility index (Phi) is 5.90. The molecule has 0 aliphatic heterocycles. The summed E-state index contributed by atoms with van der Waals surface area (Å²) < 4.78 is 13.2. The molecule has 0 aromatic heterocycles. The molecule has 48 valence electrons. The number of hydrogen-bond donors (Lipinski definition) is 0. The average Bonchev–Trinajstić information content (AvgIpc) is 1.81. The average molecular weight is 120 g/mol. The van der Waals surface area contributed by atoms with Crippen LogP contribution >= 0.6 is 0 Å². The Morgan fingerprint density at radius 3 is 2.75 bits per heavy atom. The summed E-state index contributed by atoms with van der Waals surface area (Å²) in [6, 6.07) is 0. The predicted molar refractivity (Wildman–Crippen MR) is 25.0 cm³/mol. The highest BCUT2D eigenvalue weighted by Gasteiger charge is 1.79. The smallest absolute Gasteiger partial charge is 0.295 e. The summed E-state index contributed by atoms with van der Waals surface area (Å²) in [5, 5.41) is 0. The molecular formula is C4H8O4. The first-order chi connectivity index (χ1) is 3.91. The van der Waals surface area contributed by atoms with E-state index in [0.29, 0.717) is 6.47 Å². The maximum atomic E-state index is 9.42. The standard InChI is InChI=1S/C4H8O4/c1-6-3-8-4-7-2-5/h2H,3-4H2,1H3. The van der Waals surface area contributed by atoms with Gasteiger partial charge in [-0.1, -0.05) is 0 Å². The second-order valence-electron chi connectivity index (χ2n) is 0.991. The summed E-state index contributed by atoms with van der Waals surface area (Å²) in [7, 11) is 1.49. The summed E-state index contributed by atoms with van der Waals surface area (Å²) >= 11 is 0. The van der Waals surface area contributed by atoms with Gasteiger partial charge in [0.15, 0.2) is 6.79 Å². The maximum Gasteiger partial charge on any atom is 0.295 e. The molecule has 0 aromatic rings. The van der Waals surface area contributed by atoms with Gasteiger partial charge in [0.05, 0.1) is 0 Å². The third-order valence-electron chi connectivity index (χ3n) is 0.421. The molecule has 0 aliphatic rings. The number of carbonyl (C=O) groups excluding carboxylic acids is 1. The van der Waals surface area contributed by atoms with Crippen molar-refractivity contribution in [3.63, 3.8) is 0 Å². The van der Waals surface area contributed by atoms with Gasteiger partial charge in [0.2, 0.25) is 0 Å². The lowest BCUT2D eigenvalue weighted by atomic mass is 11.3. The lowest BCUT2D eigenvalue weighted by Crippen LogP contribution is -2.00. The van der Waals surface area contributed by atoms with E-state index in [2.05, 4.69) is 14.2 Å². The number of rotatable bonds is 5. The molecule has 0 bridgehead atoms. The molecule has 0 rings (SSSR count). The quantitative estimate of drug-likeness (QED) is 0.285. The number of methoxy groups -OCH3 is 1. The SMILES string of the molecule is COCOCOC=O. The highest BCUT2D eigenvalue weighted by atomic mass is 16.7. The first-order valence-electron chi connectivity index (χ1n) is 2.03. The van der Waals surface area contributed by atoms with Crippen LogP contribution in [-0.2, 0) is 19.0 Å². The second-order valence-corrected chi connectivity index (χ2v) is 0.991. The van der Waals surface area contributed by atoms with Gasteiger partial charge in [-0.15, -0.1) is 0 Å². The zero-order chi connectivity index (χ0) is 6.24. The van der Waals surface area contributed by atoms with Crippen LogP contribution in [0.15, 0.2) is 0 Å². The minimum atomic E-state index is -0.0443. The van der Waals surface area contributed by atoms with Crippen LogP contribution < -0.4 is 0 Å². The highest BCUT2D eigenvalue weighted by molar-refractivity contribution is 5.36. The molecule has 4 heteroatoms. The van der Waals surface area contributed by atoms with Crippen molar-refractivity contribution in [1.82, 2.24) is 0 Å². The molecule has 0 aliphatic carbocycles. The third kappa shape index (κ3) is 5.39. The molecule has 8 heavy (non-hydrogen) atoms. The molecule has 0 aromatic carbocycles.